The van der Waals surface area contributed by atoms with E-state index in [2.05, 4.69) is 57.0 Å². The number of nitrogens with zero attached hydrogens (tertiary/aromatic N) is 3. The average molecular weight is 447 g/mol. The molecule has 0 aliphatic heterocycles. The van der Waals surface area contributed by atoms with E-state index < -0.39 is 0 Å². The van der Waals surface area contributed by atoms with Crippen LogP contribution in [-0.2, 0) is 13.0 Å². The zero-order valence-corrected chi connectivity index (χ0v) is 18.6. The van der Waals surface area contributed by atoms with Crippen LogP contribution in [0.3, 0.4) is 0 Å². The third-order valence-corrected chi connectivity index (χ3v) is 6.36. The molecular formula is C29H23FN4. The van der Waals surface area contributed by atoms with E-state index in [1.807, 2.05) is 30.6 Å². The Labute approximate surface area is 196 Å². The summed E-state index contributed by atoms with van der Waals surface area (Å²) in [6.45, 7) is 0.900. The van der Waals surface area contributed by atoms with E-state index in [1.54, 1.807) is 12.4 Å². The molecule has 1 N–H and O–H groups in total. The van der Waals surface area contributed by atoms with Crippen LogP contribution in [0.2, 0.25) is 0 Å². The van der Waals surface area contributed by atoms with Gasteiger partial charge < -0.3 is 9.55 Å². The van der Waals surface area contributed by atoms with Gasteiger partial charge in [0.25, 0.3) is 0 Å². The number of hydrogen-bond donors (Lipinski definition) is 1. The fourth-order valence-corrected chi connectivity index (χ4v) is 4.73. The van der Waals surface area contributed by atoms with E-state index in [0.717, 1.165) is 63.7 Å². The van der Waals surface area contributed by atoms with E-state index in [-0.39, 0.29) is 5.82 Å². The molecule has 6 rings (SSSR count). The number of aromatic amines is 1. The fourth-order valence-electron chi connectivity index (χ4n) is 4.73. The summed E-state index contributed by atoms with van der Waals surface area (Å²) in [5, 5.41) is 1.07. The van der Waals surface area contributed by atoms with Gasteiger partial charge in [0.2, 0.25) is 0 Å². The van der Waals surface area contributed by atoms with Crippen molar-refractivity contribution in [1.29, 1.82) is 0 Å². The van der Waals surface area contributed by atoms with Crippen molar-refractivity contribution in [2.24, 2.45) is 0 Å². The monoisotopic (exact) mass is 446 g/mol. The van der Waals surface area contributed by atoms with Crippen LogP contribution in [0.15, 0.2) is 97.6 Å². The van der Waals surface area contributed by atoms with Crippen LogP contribution in [-0.4, -0.2) is 19.5 Å². The van der Waals surface area contributed by atoms with Gasteiger partial charge >= 0.3 is 0 Å². The van der Waals surface area contributed by atoms with Crippen molar-refractivity contribution in [3.05, 3.63) is 109 Å². The Hall–Kier alpha value is -4.25. The molecule has 6 aromatic rings. The first-order valence-electron chi connectivity index (χ1n) is 11.5. The zero-order chi connectivity index (χ0) is 22.9. The van der Waals surface area contributed by atoms with E-state index >= 15 is 0 Å². The van der Waals surface area contributed by atoms with Gasteiger partial charge in [-0.2, -0.15) is 0 Å². The minimum Gasteiger partial charge on any atom is -0.354 e. The van der Waals surface area contributed by atoms with Gasteiger partial charge in [0.05, 0.1) is 23.1 Å². The maximum absolute atomic E-state index is 13.6. The van der Waals surface area contributed by atoms with Gasteiger partial charge in [-0.3, -0.25) is 4.98 Å². The summed E-state index contributed by atoms with van der Waals surface area (Å²) in [4.78, 5) is 12.6. The van der Waals surface area contributed by atoms with Gasteiger partial charge in [0.15, 0.2) is 0 Å². The maximum atomic E-state index is 13.6. The molecule has 0 unspecified atom stereocenters. The average Bonchev–Trinajstić information content (AvgIpc) is 3.47. The summed E-state index contributed by atoms with van der Waals surface area (Å²) >= 11 is 0. The number of fused-ring (bicyclic) bond motifs is 3. The Bertz CT molecular complexity index is 1570. The highest BCUT2D eigenvalue weighted by Crippen LogP contribution is 2.41. The van der Waals surface area contributed by atoms with Crippen LogP contribution in [0.5, 0.6) is 0 Å². The fraction of sp³-hybridized carbons (Fsp3) is 0.103. The lowest BCUT2D eigenvalue weighted by Crippen LogP contribution is -1.98. The van der Waals surface area contributed by atoms with Crippen molar-refractivity contribution in [1.82, 2.24) is 19.5 Å². The molecule has 3 aromatic heterocycles. The lowest BCUT2D eigenvalue weighted by Gasteiger charge is -2.07. The third-order valence-electron chi connectivity index (χ3n) is 6.36. The van der Waals surface area contributed by atoms with Crippen molar-refractivity contribution in [2.75, 3.05) is 0 Å². The summed E-state index contributed by atoms with van der Waals surface area (Å²) in [5.41, 5.74) is 8.43. The Morgan fingerprint density at radius 3 is 2.41 bits per heavy atom. The van der Waals surface area contributed by atoms with Gasteiger partial charge in [0.1, 0.15) is 5.82 Å². The molecule has 0 aliphatic carbocycles. The van der Waals surface area contributed by atoms with E-state index in [9.17, 15) is 4.39 Å². The highest BCUT2D eigenvalue weighted by Gasteiger charge is 2.19. The third kappa shape index (κ3) is 3.65. The molecular weight excluding hydrogens is 423 g/mol. The van der Waals surface area contributed by atoms with Crippen molar-refractivity contribution in [3.63, 3.8) is 0 Å². The number of pyridine rings is 1. The van der Waals surface area contributed by atoms with Gasteiger partial charge in [-0.25, -0.2) is 9.37 Å². The summed E-state index contributed by atoms with van der Waals surface area (Å²) in [6.07, 6.45) is 7.61. The highest BCUT2D eigenvalue weighted by atomic mass is 19.1. The van der Waals surface area contributed by atoms with Crippen molar-refractivity contribution in [3.8, 4) is 22.4 Å². The number of benzene rings is 3. The SMILES string of the molecule is Fc1ccc(-c2[nH]c3ccc4c(ncn4CCCc4ccccc4)c3c2-c2ccncc2)cc1. The van der Waals surface area contributed by atoms with Gasteiger partial charge in [0, 0.05) is 35.4 Å². The van der Waals surface area contributed by atoms with Crippen LogP contribution in [0.25, 0.3) is 44.3 Å². The minimum atomic E-state index is -0.248. The van der Waals surface area contributed by atoms with Crippen molar-refractivity contribution < 1.29 is 4.39 Å². The van der Waals surface area contributed by atoms with E-state index in [4.69, 9.17) is 4.98 Å². The molecule has 3 heterocycles. The summed E-state index contributed by atoms with van der Waals surface area (Å²) in [6, 6.07) is 25.4. The number of halogens is 1. The van der Waals surface area contributed by atoms with Gasteiger partial charge in [-0.05, 0) is 78.1 Å². The normalized spacial score (nSPS) is 11.4. The molecule has 0 bridgehead atoms. The Kier molecular flexibility index (Phi) is 5.15. The quantitative estimate of drug-likeness (QED) is 0.299. The zero-order valence-electron chi connectivity index (χ0n) is 18.6. The predicted molar refractivity (Wildman–Crippen MR) is 135 cm³/mol. The first-order valence-corrected chi connectivity index (χ1v) is 11.5. The standard InChI is InChI=1S/C29H23FN4/c30-23-10-8-22(9-11-23)28-26(21-14-16-31-17-15-21)27-24(33-28)12-13-25-29(27)32-19-34(25)18-4-7-20-5-2-1-3-6-20/h1-3,5-6,8-17,19,33H,4,7,18H2. The van der Waals surface area contributed by atoms with E-state index in [0.29, 0.717) is 0 Å². The number of hydrogen-bond acceptors (Lipinski definition) is 2. The molecule has 0 spiro atoms. The molecule has 166 valence electrons. The van der Waals surface area contributed by atoms with Crippen molar-refractivity contribution in [2.45, 2.75) is 19.4 Å². The first kappa shape index (κ1) is 20.4. The van der Waals surface area contributed by atoms with Crippen LogP contribution in [0, 0.1) is 5.82 Å². The smallest absolute Gasteiger partial charge is 0.123 e. The van der Waals surface area contributed by atoms with Gasteiger partial charge in [-0.15, -0.1) is 0 Å². The number of H-pyrrole nitrogens is 1. The molecule has 3 aromatic carbocycles. The van der Waals surface area contributed by atoms with E-state index in [1.165, 1.54) is 17.7 Å². The number of aryl methyl sites for hydroxylation is 2. The highest BCUT2D eigenvalue weighted by molar-refractivity contribution is 6.15. The number of aromatic nitrogens is 4. The molecule has 0 radical (unpaired) electrons. The van der Waals surface area contributed by atoms with Gasteiger partial charge in [-0.1, -0.05) is 30.3 Å². The molecule has 0 saturated carbocycles. The molecule has 4 nitrogen and oxygen atoms in total. The number of rotatable bonds is 6. The van der Waals surface area contributed by atoms with Crippen LogP contribution < -0.4 is 0 Å². The second-order valence-electron chi connectivity index (χ2n) is 8.50. The van der Waals surface area contributed by atoms with Crippen LogP contribution >= 0.6 is 0 Å². The van der Waals surface area contributed by atoms with Crippen molar-refractivity contribution >= 4 is 21.9 Å². The predicted octanol–water partition coefficient (Wildman–Crippen LogP) is 7.02. The number of imidazole rings is 1. The summed E-state index contributed by atoms with van der Waals surface area (Å²) in [5.74, 6) is -0.248. The molecule has 34 heavy (non-hydrogen) atoms. The summed E-state index contributed by atoms with van der Waals surface area (Å²) in [7, 11) is 0. The molecule has 5 heteroatoms. The second-order valence-corrected chi connectivity index (χ2v) is 8.50. The molecule has 0 fully saturated rings. The maximum Gasteiger partial charge on any atom is 0.123 e. The largest absolute Gasteiger partial charge is 0.354 e. The molecule has 0 aliphatic rings. The lowest BCUT2D eigenvalue weighted by atomic mass is 9.98. The Morgan fingerprint density at radius 1 is 0.824 bits per heavy atom. The summed E-state index contributed by atoms with van der Waals surface area (Å²) < 4.78 is 15.9. The first-order chi connectivity index (χ1) is 16.8. The molecule has 0 saturated heterocycles. The Balaban J connectivity index is 1.46. The second kappa shape index (κ2) is 8.60. The molecule has 0 amide bonds. The Morgan fingerprint density at radius 2 is 1.62 bits per heavy atom. The molecule has 0 atom stereocenters. The lowest BCUT2D eigenvalue weighted by molar-refractivity contribution is 0.628. The van der Waals surface area contributed by atoms with Crippen LogP contribution in [0.1, 0.15) is 12.0 Å². The van der Waals surface area contributed by atoms with Crippen LogP contribution in [0.4, 0.5) is 4.39 Å². The topological polar surface area (TPSA) is 46.5 Å². The minimum absolute atomic E-state index is 0.248. The number of nitrogens with one attached hydrogen (secondary N) is 1.